The third-order valence-corrected chi connectivity index (χ3v) is 4.27. The lowest BCUT2D eigenvalue weighted by Crippen LogP contribution is -2.29. The highest BCUT2D eigenvalue weighted by Crippen LogP contribution is 2.23. The van der Waals surface area contributed by atoms with Gasteiger partial charge in [-0.3, -0.25) is 9.69 Å². The highest BCUT2D eigenvalue weighted by atomic mass is 32.2. The van der Waals surface area contributed by atoms with Crippen LogP contribution >= 0.6 is 11.8 Å². The normalized spacial score (nSPS) is 17.0. The summed E-state index contributed by atoms with van der Waals surface area (Å²) in [5.41, 5.74) is 2.27. The summed E-state index contributed by atoms with van der Waals surface area (Å²) in [4.78, 5) is 13.7. The number of furan rings is 1. The van der Waals surface area contributed by atoms with Gasteiger partial charge in [-0.1, -0.05) is 36.0 Å². The van der Waals surface area contributed by atoms with E-state index in [1.54, 1.807) is 23.3 Å². The fourth-order valence-electron chi connectivity index (χ4n) is 2.09. The molecule has 112 valence electrons. The minimum absolute atomic E-state index is 0.0557. The summed E-state index contributed by atoms with van der Waals surface area (Å²) in [6.07, 6.45) is 3.11. The lowest BCUT2D eigenvalue weighted by atomic mass is 10.1. The van der Waals surface area contributed by atoms with E-state index in [-0.39, 0.29) is 5.91 Å². The Morgan fingerprint density at radius 3 is 2.95 bits per heavy atom. The van der Waals surface area contributed by atoms with E-state index in [9.17, 15) is 4.79 Å². The molecule has 0 N–H and O–H groups in total. The van der Waals surface area contributed by atoms with Crippen LogP contribution in [0.25, 0.3) is 0 Å². The van der Waals surface area contributed by atoms with E-state index in [4.69, 9.17) is 4.42 Å². The predicted octanol–water partition coefficient (Wildman–Crippen LogP) is 3.05. The first-order valence-electron chi connectivity index (χ1n) is 6.86. The van der Waals surface area contributed by atoms with Gasteiger partial charge in [0.15, 0.2) is 5.17 Å². The van der Waals surface area contributed by atoms with Gasteiger partial charge in [-0.05, 0) is 30.2 Å². The van der Waals surface area contributed by atoms with E-state index in [2.05, 4.69) is 10.2 Å². The van der Waals surface area contributed by atoms with E-state index in [0.29, 0.717) is 23.2 Å². The van der Waals surface area contributed by atoms with Crippen LogP contribution in [0.2, 0.25) is 0 Å². The lowest BCUT2D eigenvalue weighted by Gasteiger charge is -2.16. The molecular weight excluding hydrogens is 298 g/mol. The Bertz CT molecular complexity index is 723. The first-order chi connectivity index (χ1) is 10.7. The molecule has 5 nitrogen and oxygen atoms in total. The molecule has 2 heterocycles. The molecule has 3 rings (SSSR count). The van der Waals surface area contributed by atoms with Crippen molar-refractivity contribution in [3.63, 3.8) is 0 Å². The smallest absolute Gasteiger partial charge is 0.239 e. The molecule has 2 aromatic rings. The number of benzene rings is 1. The zero-order valence-corrected chi connectivity index (χ0v) is 12.9. The molecule has 6 heteroatoms. The highest BCUT2D eigenvalue weighted by Gasteiger charge is 2.28. The summed E-state index contributed by atoms with van der Waals surface area (Å²) < 4.78 is 5.15. The lowest BCUT2D eigenvalue weighted by molar-refractivity contribution is -0.124. The van der Waals surface area contributed by atoms with Gasteiger partial charge < -0.3 is 4.42 Å². The van der Waals surface area contributed by atoms with Crippen molar-refractivity contribution in [3.8, 4) is 0 Å². The molecule has 0 saturated carbocycles. The quantitative estimate of drug-likeness (QED) is 0.644. The fourth-order valence-corrected chi connectivity index (χ4v) is 2.92. The number of hydrogen-bond acceptors (Lipinski definition) is 5. The summed E-state index contributed by atoms with van der Waals surface area (Å²) in [5.74, 6) is 1.09. The molecule has 1 aliphatic heterocycles. The van der Waals surface area contributed by atoms with Gasteiger partial charge in [0.05, 0.1) is 24.8 Å². The van der Waals surface area contributed by atoms with Crippen LogP contribution in [0.1, 0.15) is 16.9 Å². The number of carbonyl (C=O) groups excluding carboxylic acids is 1. The summed E-state index contributed by atoms with van der Waals surface area (Å²) in [6.45, 7) is 2.56. The van der Waals surface area contributed by atoms with Gasteiger partial charge in [0.1, 0.15) is 5.76 Å². The van der Waals surface area contributed by atoms with Crippen LogP contribution in [0, 0.1) is 6.92 Å². The van der Waals surface area contributed by atoms with Crippen LogP contribution in [-0.2, 0) is 11.3 Å². The Hall–Kier alpha value is -2.34. The number of nitrogens with zero attached hydrogens (tertiary/aromatic N) is 3. The summed E-state index contributed by atoms with van der Waals surface area (Å²) in [7, 11) is 0. The van der Waals surface area contributed by atoms with Crippen molar-refractivity contribution in [2.24, 2.45) is 10.2 Å². The summed E-state index contributed by atoms with van der Waals surface area (Å²) in [6, 6.07) is 11.6. The number of aryl methyl sites for hydroxylation is 1. The van der Waals surface area contributed by atoms with Crippen molar-refractivity contribution in [2.45, 2.75) is 13.5 Å². The van der Waals surface area contributed by atoms with E-state index in [1.165, 1.54) is 18.0 Å². The van der Waals surface area contributed by atoms with Crippen LogP contribution in [0.3, 0.4) is 0 Å². The molecule has 1 saturated heterocycles. The number of amides is 1. The SMILES string of the molecule is Cc1ccccc1CN1C(=O)CS/C1=N\N=C/c1ccco1. The minimum Gasteiger partial charge on any atom is -0.463 e. The zero-order chi connectivity index (χ0) is 15.4. The average Bonchev–Trinajstić information content (AvgIpc) is 3.14. The maximum atomic E-state index is 12.0. The van der Waals surface area contributed by atoms with Crippen LogP contribution in [-0.4, -0.2) is 27.9 Å². The van der Waals surface area contributed by atoms with Crippen LogP contribution < -0.4 is 0 Å². The first kappa shape index (κ1) is 14.6. The highest BCUT2D eigenvalue weighted by molar-refractivity contribution is 8.15. The van der Waals surface area contributed by atoms with Crippen molar-refractivity contribution in [3.05, 3.63) is 59.5 Å². The fraction of sp³-hybridized carbons (Fsp3) is 0.188. The number of amidine groups is 1. The zero-order valence-electron chi connectivity index (χ0n) is 12.1. The molecule has 1 aliphatic rings. The van der Waals surface area contributed by atoms with Gasteiger partial charge in [-0.2, -0.15) is 5.10 Å². The first-order valence-corrected chi connectivity index (χ1v) is 7.85. The monoisotopic (exact) mass is 313 g/mol. The van der Waals surface area contributed by atoms with E-state index < -0.39 is 0 Å². The second kappa shape index (κ2) is 6.62. The molecule has 1 fully saturated rings. The molecule has 0 spiro atoms. The molecule has 0 unspecified atom stereocenters. The molecular formula is C16H15N3O2S. The van der Waals surface area contributed by atoms with Crippen molar-refractivity contribution in [1.82, 2.24) is 4.90 Å². The third-order valence-electron chi connectivity index (χ3n) is 3.32. The molecule has 1 aromatic heterocycles. The van der Waals surface area contributed by atoms with Gasteiger partial charge in [0, 0.05) is 0 Å². The Balaban J connectivity index is 1.76. The Kier molecular flexibility index (Phi) is 4.39. The summed E-state index contributed by atoms with van der Waals surface area (Å²) >= 11 is 1.40. The van der Waals surface area contributed by atoms with Crippen molar-refractivity contribution >= 4 is 29.1 Å². The third kappa shape index (κ3) is 3.28. The number of rotatable bonds is 4. The van der Waals surface area contributed by atoms with Crippen LogP contribution in [0.5, 0.6) is 0 Å². The predicted molar refractivity (Wildman–Crippen MR) is 87.9 cm³/mol. The molecule has 1 aromatic carbocycles. The number of hydrogen-bond donors (Lipinski definition) is 0. The number of carbonyl (C=O) groups is 1. The molecule has 1 amide bonds. The van der Waals surface area contributed by atoms with Gasteiger partial charge in [-0.25, -0.2) is 0 Å². The summed E-state index contributed by atoms with van der Waals surface area (Å²) in [5, 5.41) is 8.77. The van der Waals surface area contributed by atoms with Crippen molar-refractivity contribution < 1.29 is 9.21 Å². The van der Waals surface area contributed by atoms with Gasteiger partial charge in [0.25, 0.3) is 0 Å². The largest absolute Gasteiger partial charge is 0.463 e. The van der Waals surface area contributed by atoms with Crippen molar-refractivity contribution in [1.29, 1.82) is 0 Å². The number of thioether (sulfide) groups is 1. The second-order valence-corrected chi connectivity index (χ2v) is 5.78. The van der Waals surface area contributed by atoms with Crippen molar-refractivity contribution in [2.75, 3.05) is 5.75 Å². The van der Waals surface area contributed by atoms with Gasteiger partial charge in [-0.15, -0.1) is 5.10 Å². The average molecular weight is 313 g/mol. The molecule has 0 radical (unpaired) electrons. The topological polar surface area (TPSA) is 58.2 Å². The molecule has 0 aliphatic carbocycles. The van der Waals surface area contributed by atoms with Gasteiger partial charge in [0.2, 0.25) is 5.91 Å². The maximum Gasteiger partial charge on any atom is 0.239 e. The van der Waals surface area contributed by atoms with E-state index in [0.717, 1.165) is 11.1 Å². The molecule has 0 bridgehead atoms. The maximum absolute atomic E-state index is 12.0. The van der Waals surface area contributed by atoms with Crippen LogP contribution in [0.4, 0.5) is 0 Å². The van der Waals surface area contributed by atoms with E-state index in [1.807, 2.05) is 31.2 Å². The minimum atomic E-state index is 0.0557. The molecule has 22 heavy (non-hydrogen) atoms. The Labute approximate surface area is 132 Å². The van der Waals surface area contributed by atoms with Gasteiger partial charge >= 0.3 is 0 Å². The van der Waals surface area contributed by atoms with Crippen LogP contribution in [0.15, 0.2) is 57.3 Å². The Morgan fingerprint density at radius 2 is 2.18 bits per heavy atom. The second-order valence-electron chi connectivity index (χ2n) is 4.84. The molecule has 0 atom stereocenters. The van der Waals surface area contributed by atoms with E-state index >= 15 is 0 Å². The Morgan fingerprint density at radius 1 is 1.32 bits per heavy atom. The standard InChI is InChI=1S/C16H15N3O2S/c1-12-5-2-3-6-13(12)10-19-15(20)11-22-16(19)18-17-9-14-7-4-8-21-14/h2-9H,10-11H2,1H3/b17-9-,18-16-.